The number of halogens is 1. The van der Waals surface area contributed by atoms with Gasteiger partial charge in [0.05, 0.1) is 19.4 Å². The standard InChI is InChI=1S/C12H13ClO5/c1-18-9-2-3-10(13)7(5-9)4-8(12(16)17)6-11(14)15/h2-3,5,8H,4,6H2,1H3,(H,14,15)(H,16,17)/t8-/m1/s1. The molecule has 1 rings (SSSR count). The molecule has 0 aliphatic rings. The van der Waals surface area contributed by atoms with E-state index in [0.717, 1.165) is 0 Å². The molecule has 0 bridgehead atoms. The summed E-state index contributed by atoms with van der Waals surface area (Å²) in [6, 6.07) is 4.86. The summed E-state index contributed by atoms with van der Waals surface area (Å²) < 4.78 is 5.01. The van der Waals surface area contributed by atoms with Gasteiger partial charge >= 0.3 is 11.9 Å². The molecule has 98 valence electrons. The lowest BCUT2D eigenvalue weighted by Crippen LogP contribution is -2.20. The summed E-state index contributed by atoms with van der Waals surface area (Å²) in [5.41, 5.74) is 0.560. The summed E-state index contributed by atoms with van der Waals surface area (Å²) in [6.45, 7) is 0. The number of hydrogen-bond donors (Lipinski definition) is 2. The van der Waals surface area contributed by atoms with Crippen LogP contribution in [0.5, 0.6) is 5.75 Å². The largest absolute Gasteiger partial charge is 0.497 e. The summed E-state index contributed by atoms with van der Waals surface area (Å²) >= 11 is 5.94. The molecule has 0 saturated heterocycles. The Labute approximate surface area is 109 Å². The number of hydrogen-bond acceptors (Lipinski definition) is 3. The summed E-state index contributed by atoms with van der Waals surface area (Å²) in [5, 5.41) is 18.0. The Kier molecular flexibility index (Phi) is 4.97. The molecular weight excluding hydrogens is 260 g/mol. The number of carboxylic acids is 2. The zero-order valence-corrected chi connectivity index (χ0v) is 10.5. The second-order valence-electron chi connectivity index (χ2n) is 3.79. The van der Waals surface area contributed by atoms with Crippen LogP contribution in [0, 0.1) is 5.92 Å². The SMILES string of the molecule is COc1ccc(Cl)c(C[C@H](CC(=O)O)C(=O)O)c1. The highest BCUT2D eigenvalue weighted by molar-refractivity contribution is 6.31. The average molecular weight is 273 g/mol. The summed E-state index contributed by atoms with van der Waals surface area (Å²) in [5.74, 6) is -2.77. The van der Waals surface area contributed by atoms with Gasteiger partial charge in [0.15, 0.2) is 0 Å². The monoisotopic (exact) mass is 272 g/mol. The minimum absolute atomic E-state index is 0.0532. The van der Waals surface area contributed by atoms with E-state index in [0.29, 0.717) is 16.3 Å². The predicted octanol–water partition coefficient (Wildman–Crippen LogP) is 2.07. The van der Waals surface area contributed by atoms with Crippen LogP contribution < -0.4 is 4.74 Å². The Bertz CT molecular complexity index is 458. The molecule has 0 fully saturated rings. The lowest BCUT2D eigenvalue weighted by atomic mass is 9.96. The van der Waals surface area contributed by atoms with Crippen LogP contribution in [-0.2, 0) is 16.0 Å². The molecule has 0 saturated carbocycles. The molecule has 0 heterocycles. The molecule has 0 aromatic heterocycles. The number of methoxy groups -OCH3 is 1. The van der Waals surface area contributed by atoms with Crippen molar-refractivity contribution in [3.8, 4) is 5.75 Å². The molecule has 0 unspecified atom stereocenters. The Balaban J connectivity index is 2.92. The second kappa shape index (κ2) is 6.26. The van der Waals surface area contributed by atoms with E-state index in [-0.39, 0.29) is 6.42 Å². The zero-order valence-electron chi connectivity index (χ0n) is 9.72. The first-order valence-electron chi connectivity index (χ1n) is 5.21. The van der Waals surface area contributed by atoms with Crippen molar-refractivity contribution in [3.05, 3.63) is 28.8 Å². The smallest absolute Gasteiger partial charge is 0.307 e. The first-order valence-corrected chi connectivity index (χ1v) is 5.59. The third-order valence-electron chi connectivity index (χ3n) is 2.49. The molecule has 0 amide bonds. The van der Waals surface area contributed by atoms with Crippen molar-refractivity contribution in [2.45, 2.75) is 12.8 Å². The molecule has 0 radical (unpaired) electrons. The molecule has 0 aliphatic heterocycles. The van der Waals surface area contributed by atoms with Gasteiger partial charge < -0.3 is 14.9 Å². The van der Waals surface area contributed by atoms with Crippen molar-refractivity contribution in [2.75, 3.05) is 7.11 Å². The Morgan fingerprint density at radius 2 is 2.06 bits per heavy atom. The van der Waals surface area contributed by atoms with Crippen molar-refractivity contribution in [1.82, 2.24) is 0 Å². The average Bonchev–Trinajstić information content (AvgIpc) is 2.30. The molecule has 1 atom stereocenters. The van der Waals surface area contributed by atoms with E-state index < -0.39 is 24.3 Å². The van der Waals surface area contributed by atoms with Gasteiger partial charge in [-0.1, -0.05) is 11.6 Å². The van der Waals surface area contributed by atoms with Crippen molar-refractivity contribution < 1.29 is 24.5 Å². The molecule has 1 aromatic rings. The number of carboxylic acid groups (broad SMARTS) is 2. The lowest BCUT2D eigenvalue weighted by molar-refractivity contribution is -0.148. The van der Waals surface area contributed by atoms with Crippen LogP contribution in [0.2, 0.25) is 5.02 Å². The van der Waals surface area contributed by atoms with Crippen LogP contribution in [0.4, 0.5) is 0 Å². The second-order valence-corrected chi connectivity index (χ2v) is 4.20. The van der Waals surface area contributed by atoms with Gasteiger partial charge in [-0.3, -0.25) is 9.59 Å². The van der Waals surface area contributed by atoms with E-state index in [2.05, 4.69) is 0 Å². The van der Waals surface area contributed by atoms with E-state index in [1.807, 2.05) is 0 Å². The maximum Gasteiger partial charge on any atom is 0.307 e. The molecule has 6 heteroatoms. The highest BCUT2D eigenvalue weighted by Crippen LogP contribution is 2.25. The van der Waals surface area contributed by atoms with Gasteiger partial charge in [-0.15, -0.1) is 0 Å². The Hall–Kier alpha value is -1.75. The maximum absolute atomic E-state index is 11.0. The maximum atomic E-state index is 11.0. The molecule has 0 spiro atoms. The molecule has 2 N–H and O–H groups in total. The van der Waals surface area contributed by atoms with E-state index in [4.69, 9.17) is 26.6 Å². The van der Waals surface area contributed by atoms with Gasteiger partial charge in [0.1, 0.15) is 5.75 Å². The van der Waals surface area contributed by atoms with E-state index >= 15 is 0 Å². The van der Waals surface area contributed by atoms with Gasteiger partial charge in [0.2, 0.25) is 0 Å². The van der Waals surface area contributed by atoms with Gasteiger partial charge in [0.25, 0.3) is 0 Å². The van der Waals surface area contributed by atoms with E-state index in [1.54, 1.807) is 18.2 Å². The number of benzene rings is 1. The zero-order chi connectivity index (χ0) is 13.7. The van der Waals surface area contributed by atoms with Gasteiger partial charge in [-0.25, -0.2) is 0 Å². The summed E-state index contributed by atoms with van der Waals surface area (Å²) in [4.78, 5) is 21.6. The normalized spacial score (nSPS) is 11.9. The predicted molar refractivity (Wildman–Crippen MR) is 65.1 cm³/mol. The fraction of sp³-hybridized carbons (Fsp3) is 0.333. The molecule has 5 nitrogen and oxygen atoms in total. The number of ether oxygens (including phenoxy) is 1. The van der Waals surface area contributed by atoms with Gasteiger partial charge in [0, 0.05) is 5.02 Å². The van der Waals surface area contributed by atoms with E-state index in [9.17, 15) is 9.59 Å². The van der Waals surface area contributed by atoms with Crippen LogP contribution in [0.25, 0.3) is 0 Å². The minimum atomic E-state index is -1.16. The van der Waals surface area contributed by atoms with Crippen molar-refractivity contribution in [3.63, 3.8) is 0 Å². The third-order valence-corrected chi connectivity index (χ3v) is 2.86. The Morgan fingerprint density at radius 3 is 2.56 bits per heavy atom. The molecule has 1 aromatic carbocycles. The molecular formula is C12H13ClO5. The summed E-state index contributed by atoms with van der Waals surface area (Å²) in [6.07, 6.45) is -0.388. The number of rotatable bonds is 6. The first-order chi connectivity index (χ1) is 8.43. The first kappa shape index (κ1) is 14.3. The minimum Gasteiger partial charge on any atom is -0.497 e. The van der Waals surface area contributed by atoms with Crippen molar-refractivity contribution in [2.24, 2.45) is 5.92 Å². The third kappa shape index (κ3) is 3.92. The summed E-state index contributed by atoms with van der Waals surface area (Å²) in [7, 11) is 1.49. The Morgan fingerprint density at radius 1 is 1.39 bits per heavy atom. The highest BCUT2D eigenvalue weighted by atomic mass is 35.5. The van der Waals surface area contributed by atoms with Gasteiger partial charge in [-0.2, -0.15) is 0 Å². The van der Waals surface area contributed by atoms with Crippen molar-refractivity contribution >= 4 is 23.5 Å². The van der Waals surface area contributed by atoms with Crippen LogP contribution in [0.1, 0.15) is 12.0 Å². The van der Waals surface area contributed by atoms with E-state index in [1.165, 1.54) is 7.11 Å². The molecule has 0 aliphatic carbocycles. The van der Waals surface area contributed by atoms with Crippen LogP contribution in [-0.4, -0.2) is 29.3 Å². The number of aliphatic carboxylic acids is 2. The van der Waals surface area contributed by atoms with Crippen LogP contribution in [0.15, 0.2) is 18.2 Å². The topological polar surface area (TPSA) is 83.8 Å². The number of carbonyl (C=O) groups is 2. The van der Waals surface area contributed by atoms with Crippen molar-refractivity contribution in [1.29, 1.82) is 0 Å². The van der Waals surface area contributed by atoms with Crippen LogP contribution >= 0.6 is 11.6 Å². The van der Waals surface area contributed by atoms with Gasteiger partial charge in [-0.05, 0) is 30.2 Å². The van der Waals surface area contributed by atoms with Crippen LogP contribution in [0.3, 0.4) is 0 Å². The molecule has 18 heavy (non-hydrogen) atoms. The fourth-order valence-corrected chi connectivity index (χ4v) is 1.75. The highest BCUT2D eigenvalue weighted by Gasteiger charge is 2.22. The lowest BCUT2D eigenvalue weighted by Gasteiger charge is -2.12. The fourth-order valence-electron chi connectivity index (χ4n) is 1.56. The quantitative estimate of drug-likeness (QED) is 0.828.